The highest BCUT2D eigenvalue weighted by Gasteiger charge is 2.06. The van der Waals surface area contributed by atoms with E-state index in [4.69, 9.17) is 4.74 Å². The lowest BCUT2D eigenvalue weighted by Gasteiger charge is -2.06. The van der Waals surface area contributed by atoms with E-state index in [0.717, 1.165) is 10.9 Å². The van der Waals surface area contributed by atoms with Crippen LogP contribution in [0.2, 0.25) is 0 Å². The Morgan fingerprint density at radius 1 is 1.15 bits per heavy atom. The third-order valence-corrected chi connectivity index (χ3v) is 3.12. The highest BCUT2D eigenvalue weighted by Crippen LogP contribution is 2.10. The van der Waals surface area contributed by atoms with Gasteiger partial charge in [-0.25, -0.2) is 0 Å². The van der Waals surface area contributed by atoms with Gasteiger partial charge in [-0.05, 0) is 30.7 Å². The zero-order valence-corrected chi connectivity index (χ0v) is 13.0. The lowest BCUT2D eigenvalue weighted by Crippen LogP contribution is -2.31. The fourth-order valence-corrected chi connectivity index (χ4v) is 1.79. The number of carbonyl (C=O) groups excluding carboxylic acids is 2. The van der Waals surface area contributed by atoms with Gasteiger partial charge in [-0.15, -0.1) is 0 Å². The molecule has 0 aliphatic carbocycles. The summed E-state index contributed by atoms with van der Waals surface area (Å²) in [6, 6.07) is 7.06. The average Bonchev–Trinajstić information content (AvgIpc) is 2.44. The number of carbonyl (C=O) groups is 2. The van der Waals surface area contributed by atoms with E-state index in [-0.39, 0.29) is 18.2 Å². The topological polar surface area (TPSA) is 67.4 Å². The molecule has 0 unspecified atom stereocenters. The number of hydrogen-bond donors (Lipinski definition) is 2. The van der Waals surface area contributed by atoms with Crippen molar-refractivity contribution in [3.05, 3.63) is 34.3 Å². The molecular weight excluding hydrogens is 324 g/mol. The van der Waals surface area contributed by atoms with Crippen molar-refractivity contribution in [2.24, 2.45) is 0 Å². The van der Waals surface area contributed by atoms with Gasteiger partial charge in [-0.1, -0.05) is 15.9 Å². The van der Waals surface area contributed by atoms with Crippen LogP contribution >= 0.6 is 15.9 Å². The third kappa shape index (κ3) is 6.68. The number of amides is 2. The van der Waals surface area contributed by atoms with Gasteiger partial charge in [0.1, 0.15) is 0 Å². The maximum atomic E-state index is 11.8. The second kappa shape index (κ2) is 9.50. The molecular formula is C14H19BrN2O3. The number of rotatable bonds is 8. The quantitative estimate of drug-likeness (QED) is 0.707. The molecule has 0 heterocycles. The molecule has 5 nitrogen and oxygen atoms in total. The standard InChI is InChI=1S/C14H19BrN2O3/c1-20-10-2-8-16-13(18)7-9-17-14(19)11-3-5-12(15)6-4-11/h3-6H,2,7-10H2,1H3,(H,16,18)(H,17,19). The molecule has 0 saturated heterocycles. The van der Waals surface area contributed by atoms with Crippen LogP contribution < -0.4 is 10.6 Å². The molecule has 0 spiro atoms. The average molecular weight is 343 g/mol. The number of ether oxygens (including phenoxy) is 1. The van der Waals surface area contributed by atoms with Crippen molar-refractivity contribution >= 4 is 27.7 Å². The van der Waals surface area contributed by atoms with Crippen molar-refractivity contribution in [3.63, 3.8) is 0 Å². The molecule has 0 atom stereocenters. The van der Waals surface area contributed by atoms with E-state index in [1.54, 1.807) is 31.4 Å². The van der Waals surface area contributed by atoms with Crippen LogP contribution in [0.5, 0.6) is 0 Å². The Labute approximate surface area is 127 Å². The summed E-state index contributed by atoms with van der Waals surface area (Å²) in [5, 5.41) is 5.47. The van der Waals surface area contributed by atoms with Crippen LogP contribution in [0.1, 0.15) is 23.2 Å². The summed E-state index contributed by atoms with van der Waals surface area (Å²) in [5.41, 5.74) is 0.578. The molecule has 1 rings (SSSR count). The first-order valence-electron chi connectivity index (χ1n) is 6.43. The monoisotopic (exact) mass is 342 g/mol. The number of methoxy groups -OCH3 is 1. The van der Waals surface area contributed by atoms with E-state index in [0.29, 0.717) is 25.3 Å². The maximum Gasteiger partial charge on any atom is 0.251 e. The predicted molar refractivity (Wildman–Crippen MR) is 80.6 cm³/mol. The molecule has 20 heavy (non-hydrogen) atoms. The van der Waals surface area contributed by atoms with Gasteiger partial charge >= 0.3 is 0 Å². The summed E-state index contributed by atoms with van der Waals surface area (Å²) in [4.78, 5) is 23.2. The molecule has 1 aromatic carbocycles. The van der Waals surface area contributed by atoms with Crippen molar-refractivity contribution < 1.29 is 14.3 Å². The van der Waals surface area contributed by atoms with Crippen molar-refractivity contribution in [3.8, 4) is 0 Å². The number of halogens is 1. The molecule has 2 N–H and O–H groups in total. The molecule has 0 radical (unpaired) electrons. The van der Waals surface area contributed by atoms with Gasteiger partial charge in [0.25, 0.3) is 5.91 Å². The first kappa shape index (κ1) is 16.7. The van der Waals surface area contributed by atoms with Crippen molar-refractivity contribution in [1.82, 2.24) is 10.6 Å². The zero-order valence-electron chi connectivity index (χ0n) is 11.4. The van der Waals surface area contributed by atoms with Crippen LogP contribution in [0.15, 0.2) is 28.7 Å². The minimum absolute atomic E-state index is 0.0720. The van der Waals surface area contributed by atoms with E-state index >= 15 is 0 Å². The van der Waals surface area contributed by atoms with Crippen LogP contribution in [0.4, 0.5) is 0 Å². The molecule has 2 amide bonds. The molecule has 110 valence electrons. The summed E-state index contributed by atoms with van der Waals surface area (Å²) in [7, 11) is 1.62. The number of benzene rings is 1. The van der Waals surface area contributed by atoms with Gasteiger partial charge in [-0.3, -0.25) is 9.59 Å². The highest BCUT2D eigenvalue weighted by atomic mass is 79.9. The SMILES string of the molecule is COCCCNC(=O)CCNC(=O)c1ccc(Br)cc1. The molecule has 0 saturated carbocycles. The number of nitrogens with one attached hydrogen (secondary N) is 2. The second-order valence-corrected chi connectivity index (χ2v) is 5.12. The lowest BCUT2D eigenvalue weighted by atomic mass is 10.2. The zero-order chi connectivity index (χ0) is 14.8. The third-order valence-electron chi connectivity index (χ3n) is 2.59. The summed E-state index contributed by atoms with van der Waals surface area (Å²) in [6.45, 7) is 1.54. The van der Waals surface area contributed by atoms with Crippen molar-refractivity contribution in [2.75, 3.05) is 26.8 Å². The van der Waals surface area contributed by atoms with Crippen molar-refractivity contribution in [2.45, 2.75) is 12.8 Å². The van der Waals surface area contributed by atoms with Gasteiger partial charge in [0.05, 0.1) is 0 Å². The first-order chi connectivity index (χ1) is 9.63. The maximum absolute atomic E-state index is 11.8. The van der Waals surface area contributed by atoms with Gasteiger partial charge in [-0.2, -0.15) is 0 Å². The van der Waals surface area contributed by atoms with Crippen LogP contribution in [-0.2, 0) is 9.53 Å². The smallest absolute Gasteiger partial charge is 0.251 e. The Bertz CT molecular complexity index is 435. The molecule has 1 aromatic rings. The Morgan fingerprint density at radius 3 is 2.50 bits per heavy atom. The van der Waals surface area contributed by atoms with Gasteiger partial charge in [0, 0.05) is 43.3 Å². The summed E-state index contributed by atoms with van der Waals surface area (Å²) < 4.78 is 5.80. The minimum atomic E-state index is -0.176. The van der Waals surface area contributed by atoms with E-state index in [1.165, 1.54) is 0 Å². The predicted octanol–water partition coefficient (Wildman–Crippen LogP) is 1.72. The van der Waals surface area contributed by atoms with Gasteiger partial charge < -0.3 is 15.4 Å². The summed E-state index contributed by atoms with van der Waals surface area (Å²) in [6.07, 6.45) is 1.06. The summed E-state index contributed by atoms with van der Waals surface area (Å²) in [5.74, 6) is -0.248. The van der Waals surface area contributed by atoms with Crippen LogP contribution in [-0.4, -0.2) is 38.6 Å². The van der Waals surface area contributed by atoms with Crippen LogP contribution in [0.25, 0.3) is 0 Å². The molecule has 6 heteroatoms. The van der Waals surface area contributed by atoms with Crippen LogP contribution in [0.3, 0.4) is 0 Å². The molecule has 0 bridgehead atoms. The highest BCUT2D eigenvalue weighted by molar-refractivity contribution is 9.10. The van der Waals surface area contributed by atoms with Gasteiger partial charge in [0.15, 0.2) is 0 Å². The van der Waals surface area contributed by atoms with E-state index in [9.17, 15) is 9.59 Å². The van der Waals surface area contributed by atoms with Crippen LogP contribution in [0, 0.1) is 0 Å². The fraction of sp³-hybridized carbons (Fsp3) is 0.429. The van der Waals surface area contributed by atoms with Crippen molar-refractivity contribution in [1.29, 1.82) is 0 Å². The normalized spacial score (nSPS) is 10.1. The molecule has 0 fully saturated rings. The Kier molecular flexibility index (Phi) is 7.91. The minimum Gasteiger partial charge on any atom is -0.385 e. The lowest BCUT2D eigenvalue weighted by molar-refractivity contribution is -0.120. The van der Waals surface area contributed by atoms with E-state index in [1.807, 2.05) is 0 Å². The molecule has 0 aromatic heterocycles. The Balaban J connectivity index is 2.18. The Hall–Kier alpha value is -1.40. The summed E-state index contributed by atoms with van der Waals surface area (Å²) >= 11 is 3.31. The van der Waals surface area contributed by atoms with E-state index < -0.39 is 0 Å². The fourth-order valence-electron chi connectivity index (χ4n) is 1.53. The first-order valence-corrected chi connectivity index (χ1v) is 7.22. The molecule has 0 aliphatic rings. The Morgan fingerprint density at radius 2 is 1.85 bits per heavy atom. The molecule has 0 aliphatic heterocycles. The largest absolute Gasteiger partial charge is 0.385 e. The van der Waals surface area contributed by atoms with Gasteiger partial charge in [0.2, 0.25) is 5.91 Å². The van der Waals surface area contributed by atoms with E-state index in [2.05, 4.69) is 26.6 Å². The second-order valence-electron chi connectivity index (χ2n) is 4.21. The number of hydrogen-bond acceptors (Lipinski definition) is 3.